The number of aromatic nitrogens is 2. The van der Waals surface area contributed by atoms with Crippen LogP contribution in [0.5, 0.6) is 0 Å². The summed E-state index contributed by atoms with van der Waals surface area (Å²) >= 11 is 0. The third-order valence-electron chi connectivity index (χ3n) is 2.11. The molecule has 0 bridgehead atoms. The predicted molar refractivity (Wildman–Crippen MR) is 52.6 cm³/mol. The first-order valence-corrected chi connectivity index (χ1v) is 4.35. The zero-order valence-corrected chi connectivity index (χ0v) is 8.04. The molecule has 15 heavy (non-hydrogen) atoms. The lowest BCUT2D eigenvalue weighted by Gasteiger charge is -2.02. The van der Waals surface area contributed by atoms with Crippen molar-refractivity contribution >= 4 is 5.82 Å². The van der Waals surface area contributed by atoms with Gasteiger partial charge in [0, 0.05) is 11.8 Å². The summed E-state index contributed by atoms with van der Waals surface area (Å²) in [5, 5.41) is 3.87. The van der Waals surface area contributed by atoms with Crippen LogP contribution >= 0.6 is 0 Å². The average molecular weight is 209 g/mol. The van der Waals surface area contributed by atoms with E-state index in [1.54, 1.807) is 13.1 Å². The fraction of sp³-hybridized carbons (Fsp3) is 0.100. The number of hydrogen-bond acceptors (Lipinski definition) is 2. The standard InChI is InChI=1S/C10H9F2N3/c1-6-5-15(14-10(6)13)8-4-2-3-7(11)9(8)12/h2-5H,1H3,(H2,13,14). The molecule has 1 aromatic heterocycles. The molecule has 0 spiro atoms. The van der Waals surface area contributed by atoms with Crippen molar-refractivity contribution in [1.29, 1.82) is 0 Å². The third kappa shape index (κ3) is 1.56. The highest BCUT2D eigenvalue weighted by molar-refractivity contribution is 5.41. The molecule has 2 N–H and O–H groups in total. The molecule has 2 aromatic rings. The average Bonchev–Trinajstić information content (AvgIpc) is 2.51. The van der Waals surface area contributed by atoms with Gasteiger partial charge in [-0.15, -0.1) is 0 Å². The van der Waals surface area contributed by atoms with Gasteiger partial charge in [-0.3, -0.25) is 0 Å². The largest absolute Gasteiger partial charge is 0.382 e. The number of nitrogens with two attached hydrogens (primary N) is 1. The topological polar surface area (TPSA) is 43.8 Å². The molecule has 0 aliphatic heterocycles. The summed E-state index contributed by atoms with van der Waals surface area (Å²) in [6.07, 6.45) is 1.55. The molecule has 0 saturated carbocycles. The Hall–Kier alpha value is -1.91. The number of hydrogen-bond donors (Lipinski definition) is 1. The molecule has 0 unspecified atom stereocenters. The lowest BCUT2D eigenvalue weighted by Crippen LogP contribution is -2.01. The number of nitrogens with zero attached hydrogens (tertiary/aromatic N) is 2. The number of anilines is 1. The number of nitrogen functional groups attached to an aromatic ring is 1. The molecule has 5 heteroatoms. The van der Waals surface area contributed by atoms with E-state index < -0.39 is 11.6 Å². The van der Waals surface area contributed by atoms with E-state index >= 15 is 0 Å². The molecule has 0 fully saturated rings. The minimum Gasteiger partial charge on any atom is -0.382 e. The molecule has 0 atom stereocenters. The van der Waals surface area contributed by atoms with Gasteiger partial charge in [0.1, 0.15) is 11.5 Å². The zero-order chi connectivity index (χ0) is 11.0. The minimum atomic E-state index is -0.931. The van der Waals surface area contributed by atoms with Crippen LogP contribution in [0.15, 0.2) is 24.4 Å². The van der Waals surface area contributed by atoms with Crippen LogP contribution in [0.4, 0.5) is 14.6 Å². The summed E-state index contributed by atoms with van der Waals surface area (Å²) in [5.74, 6) is -1.53. The van der Waals surface area contributed by atoms with Crippen molar-refractivity contribution in [2.75, 3.05) is 5.73 Å². The van der Waals surface area contributed by atoms with Gasteiger partial charge in [0.05, 0.1) is 0 Å². The van der Waals surface area contributed by atoms with Crippen LogP contribution < -0.4 is 5.73 Å². The van der Waals surface area contributed by atoms with Crippen molar-refractivity contribution in [3.8, 4) is 5.69 Å². The van der Waals surface area contributed by atoms with E-state index in [0.29, 0.717) is 5.82 Å². The maximum Gasteiger partial charge on any atom is 0.184 e. The number of rotatable bonds is 1. The molecule has 2 rings (SSSR count). The molecule has 1 heterocycles. The Morgan fingerprint density at radius 2 is 2.07 bits per heavy atom. The van der Waals surface area contributed by atoms with E-state index in [1.165, 1.54) is 16.8 Å². The summed E-state index contributed by atoms with van der Waals surface area (Å²) in [4.78, 5) is 0. The Morgan fingerprint density at radius 1 is 1.33 bits per heavy atom. The highest BCUT2D eigenvalue weighted by Crippen LogP contribution is 2.17. The fourth-order valence-corrected chi connectivity index (χ4v) is 1.27. The SMILES string of the molecule is Cc1cn(-c2cccc(F)c2F)nc1N. The summed E-state index contributed by atoms with van der Waals surface area (Å²) in [6.45, 7) is 1.75. The zero-order valence-electron chi connectivity index (χ0n) is 8.04. The van der Waals surface area contributed by atoms with E-state index in [2.05, 4.69) is 5.10 Å². The second kappa shape index (κ2) is 3.34. The Kier molecular flexibility index (Phi) is 2.15. The van der Waals surface area contributed by atoms with Crippen molar-refractivity contribution in [2.24, 2.45) is 0 Å². The Morgan fingerprint density at radius 3 is 2.67 bits per heavy atom. The normalized spacial score (nSPS) is 10.6. The van der Waals surface area contributed by atoms with E-state index in [0.717, 1.165) is 11.6 Å². The Labute approximate surface area is 85.1 Å². The summed E-state index contributed by atoms with van der Waals surface area (Å²) in [6, 6.07) is 3.91. The van der Waals surface area contributed by atoms with Crippen LogP contribution in [0.25, 0.3) is 5.69 Å². The minimum absolute atomic E-state index is 0.0507. The van der Waals surface area contributed by atoms with E-state index in [-0.39, 0.29) is 5.69 Å². The van der Waals surface area contributed by atoms with Crippen LogP contribution in [0.3, 0.4) is 0 Å². The van der Waals surface area contributed by atoms with E-state index in [1.807, 2.05) is 0 Å². The molecule has 0 saturated heterocycles. The van der Waals surface area contributed by atoms with Crippen molar-refractivity contribution in [3.05, 3.63) is 41.6 Å². The van der Waals surface area contributed by atoms with Crippen LogP contribution in [0.2, 0.25) is 0 Å². The number of aryl methyl sites for hydroxylation is 1. The smallest absolute Gasteiger partial charge is 0.184 e. The number of benzene rings is 1. The predicted octanol–water partition coefficient (Wildman–Crippen LogP) is 2.04. The van der Waals surface area contributed by atoms with E-state index in [4.69, 9.17) is 5.73 Å². The van der Waals surface area contributed by atoms with Crippen molar-refractivity contribution < 1.29 is 8.78 Å². The molecule has 0 radical (unpaired) electrons. The van der Waals surface area contributed by atoms with Crippen LogP contribution in [-0.2, 0) is 0 Å². The summed E-state index contributed by atoms with van der Waals surface area (Å²) < 4.78 is 27.5. The van der Waals surface area contributed by atoms with Crippen molar-refractivity contribution in [2.45, 2.75) is 6.92 Å². The van der Waals surface area contributed by atoms with Gasteiger partial charge in [-0.05, 0) is 19.1 Å². The Balaban J connectivity index is 2.59. The second-order valence-electron chi connectivity index (χ2n) is 3.21. The molecule has 0 aliphatic carbocycles. The van der Waals surface area contributed by atoms with E-state index in [9.17, 15) is 8.78 Å². The molecule has 0 aliphatic rings. The molecule has 3 nitrogen and oxygen atoms in total. The van der Waals surface area contributed by atoms with Gasteiger partial charge in [0.2, 0.25) is 0 Å². The van der Waals surface area contributed by atoms with Gasteiger partial charge in [-0.1, -0.05) is 6.07 Å². The van der Waals surface area contributed by atoms with Gasteiger partial charge in [-0.25, -0.2) is 13.5 Å². The van der Waals surface area contributed by atoms with Crippen LogP contribution in [-0.4, -0.2) is 9.78 Å². The first-order chi connectivity index (χ1) is 7.09. The highest BCUT2D eigenvalue weighted by Gasteiger charge is 2.11. The van der Waals surface area contributed by atoms with Crippen LogP contribution in [0.1, 0.15) is 5.56 Å². The lowest BCUT2D eigenvalue weighted by atomic mass is 10.3. The maximum atomic E-state index is 13.4. The van der Waals surface area contributed by atoms with Crippen LogP contribution in [0, 0.1) is 18.6 Å². The van der Waals surface area contributed by atoms with Gasteiger partial charge in [-0.2, -0.15) is 5.10 Å². The van der Waals surface area contributed by atoms with Gasteiger partial charge < -0.3 is 5.73 Å². The second-order valence-corrected chi connectivity index (χ2v) is 3.21. The summed E-state index contributed by atoms with van der Waals surface area (Å²) in [7, 11) is 0. The van der Waals surface area contributed by atoms with Gasteiger partial charge in [0.25, 0.3) is 0 Å². The quantitative estimate of drug-likeness (QED) is 0.781. The monoisotopic (exact) mass is 209 g/mol. The molecule has 78 valence electrons. The third-order valence-corrected chi connectivity index (χ3v) is 2.11. The number of halogens is 2. The van der Waals surface area contributed by atoms with Crippen molar-refractivity contribution in [1.82, 2.24) is 9.78 Å². The summed E-state index contributed by atoms with van der Waals surface area (Å²) in [5.41, 5.74) is 6.29. The highest BCUT2D eigenvalue weighted by atomic mass is 19.2. The van der Waals surface area contributed by atoms with Gasteiger partial charge in [0.15, 0.2) is 11.6 Å². The fourth-order valence-electron chi connectivity index (χ4n) is 1.27. The lowest BCUT2D eigenvalue weighted by molar-refractivity contribution is 0.501. The van der Waals surface area contributed by atoms with Gasteiger partial charge >= 0.3 is 0 Å². The molecular weight excluding hydrogens is 200 g/mol. The molecule has 1 aromatic carbocycles. The first kappa shape index (κ1) is 9.64. The van der Waals surface area contributed by atoms with Crippen molar-refractivity contribution in [3.63, 3.8) is 0 Å². The molecule has 0 amide bonds. The molecular formula is C10H9F2N3. The first-order valence-electron chi connectivity index (χ1n) is 4.35. The maximum absolute atomic E-state index is 13.4. The Bertz CT molecular complexity index is 486.